The quantitative estimate of drug-likeness (QED) is 0.381. The zero-order chi connectivity index (χ0) is 18.9. The Hall–Kier alpha value is -3.50. The van der Waals surface area contributed by atoms with Gasteiger partial charge in [-0.25, -0.2) is 14.2 Å². The maximum Gasteiger partial charge on any atom is 0.332 e. The lowest BCUT2D eigenvalue weighted by molar-refractivity contribution is -0.384. The van der Waals surface area contributed by atoms with Gasteiger partial charge in [-0.1, -0.05) is 0 Å². The fourth-order valence-electron chi connectivity index (χ4n) is 2.12. The van der Waals surface area contributed by atoms with Crippen molar-refractivity contribution < 1.29 is 9.31 Å². The van der Waals surface area contributed by atoms with E-state index in [2.05, 4.69) is 4.98 Å². The third-order valence-corrected chi connectivity index (χ3v) is 3.51. The van der Waals surface area contributed by atoms with Gasteiger partial charge in [0.1, 0.15) is 5.82 Å². The molecule has 0 bridgehead atoms. The first-order chi connectivity index (χ1) is 11.6. The molecule has 0 aliphatic carbocycles. The van der Waals surface area contributed by atoms with Gasteiger partial charge in [0.25, 0.3) is 11.2 Å². The van der Waals surface area contributed by atoms with Crippen molar-refractivity contribution in [2.24, 2.45) is 21.1 Å². The van der Waals surface area contributed by atoms with Crippen molar-refractivity contribution >= 4 is 22.5 Å². The van der Waals surface area contributed by atoms with Gasteiger partial charge in [0.05, 0.1) is 16.9 Å². The number of fused-ring (bicyclic) bond motifs is 1. The van der Waals surface area contributed by atoms with Gasteiger partial charge in [-0.05, 0) is 6.07 Å². The van der Waals surface area contributed by atoms with Gasteiger partial charge in [-0.2, -0.15) is 0 Å². The average Bonchev–Trinajstić information content (AvgIpc) is 2.96. The van der Waals surface area contributed by atoms with Crippen LogP contribution in [-0.2, 0) is 21.1 Å². The second-order valence-corrected chi connectivity index (χ2v) is 5.20. The highest BCUT2D eigenvalue weighted by Crippen LogP contribution is 2.17. The molecule has 0 aliphatic heterocycles. The highest BCUT2D eigenvalue weighted by atomic mass is 19.1. The minimum Gasteiger partial charge on any atom is -0.396 e. The maximum absolute atomic E-state index is 12.4. The number of non-ortho nitro benzene ring substituents is 1. The van der Waals surface area contributed by atoms with E-state index < -0.39 is 10.7 Å². The molecule has 0 radical (unpaired) electrons. The van der Waals surface area contributed by atoms with Crippen LogP contribution in [0.25, 0.3) is 11.2 Å². The van der Waals surface area contributed by atoms with E-state index >= 15 is 0 Å². The Bertz CT molecular complexity index is 1080. The number of rotatable bonds is 1. The van der Waals surface area contributed by atoms with Crippen LogP contribution >= 0.6 is 0 Å². The smallest absolute Gasteiger partial charge is 0.332 e. The van der Waals surface area contributed by atoms with Crippen LogP contribution in [0.15, 0.2) is 34.1 Å². The third kappa shape index (κ3) is 3.24. The zero-order valence-corrected chi connectivity index (χ0v) is 13.6. The lowest BCUT2D eigenvalue weighted by Gasteiger charge is -2.02. The number of nitrogens with two attached hydrogens (primary N) is 1. The lowest BCUT2D eigenvalue weighted by Crippen LogP contribution is -2.37. The number of aromatic nitrogens is 4. The predicted octanol–water partition coefficient (Wildman–Crippen LogP) is 0.287. The summed E-state index contributed by atoms with van der Waals surface area (Å²) in [6.45, 7) is 0. The van der Waals surface area contributed by atoms with E-state index in [9.17, 15) is 24.1 Å². The second kappa shape index (κ2) is 6.55. The van der Waals surface area contributed by atoms with Crippen LogP contribution in [0.3, 0.4) is 0 Å². The Kier molecular flexibility index (Phi) is 4.68. The normalized spacial score (nSPS) is 10.4. The number of halogens is 1. The number of hydrogen-bond acceptors (Lipinski definition) is 6. The summed E-state index contributed by atoms with van der Waals surface area (Å²) in [5.74, 6) is -0.643. The number of aryl methyl sites for hydroxylation is 2. The summed E-state index contributed by atoms with van der Waals surface area (Å²) in [6, 6.07) is 3.01. The lowest BCUT2D eigenvalue weighted by atomic mass is 10.3. The summed E-state index contributed by atoms with van der Waals surface area (Å²) in [5.41, 5.74) is 4.85. The maximum atomic E-state index is 12.4. The first-order valence-electron chi connectivity index (χ1n) is 6.91. The molecule has 10 nitrogen and oxygen atoms in total. The van der Waals surface area contributed by atoms with E-state index in [0.717, 1.165) is 22.8 Å². The summed E-state index contributed by atoms with van der Waals surface area (Å²) >= 11 is 0. The molecule has 3 rings (SSSR count). The standard InChI is InChI=1S/C8H10N4O2.C6H5FN2O2/c1-10-4-9-6-5(10)7(13)12(3)8(14)11(6)2;7-5-2-1-4(9(10)11)3-6(5)8/h4H,1-3H3;1-3H,8H2. The van der Waals surface area contributed by atoms with Gasteiger partial charge < -0.3 is 10.3 Å². The molecule has 0 saturated carbocycles. The fourth-order valence-corrected chi connectivity index (χ4v) is 2.12. The van der Waals surface area contributed by atoms with Crippen LogP contribution in [0.4, 0.5) is 15.8 Å². The van der Waals surface area contributed by atoms with E-state index in [-0.39, 0.29) is 22.6 Å². The van der Waals surface area contributed by atoms with Crippen molar-refractivity contribution in [1.82, 2.24) is 18.7 Å². The van der Waals surface area contributed by atoms with Crippen LogP contribution in [-0.4, -0.2) is 23.6 Å². The molecular formula is C14H15FN6O4. The Balaban J connectivity index is 0.000000186. The van der Waals surface area contributed by atoms with E-state index in [0.29, 0.717) is 11.2 Å². The van der Waals surface area contributed by atoms with E-state index in [1.807, 2.05) is 0 Å². The van der Waals surface area contributed by atoms with Crippen molar-refractivity contribution in [3.8, 4) is 0 Å². The summed E-state index contributed by atoms with van der Waals surface area (Å²) in [4.78, 5) is 36.6. The number of benzene rings is 1. The number of nitro benzene ring substituents is 1. The number of nitrogens with zero attached hydrogens (tertiary/aromatic N) is 5. The van der Waals surface area contributed by atoms with Crippen molar-refractivity contribution in [1.29, 1.82) is 0 Å². The summed E-state index contributed by atoms with van der Waals surface area (Å²) in [7, 11) is 4.77. The monoisotopic (exact) mass is 350 g/mol. The molecular weight excluding hydrogens is 335 g/mol. The van der Waals surface area contributed by atoms with E-state index in [1.165, 1.54) is 17.9 Å². The summed E-state index contributed by atoms with van der Waals surface area (Å²) in [5, 5.41) is 10.1. The van der Waals surface area contributed by atoms with Gasteiger partial charge >= 0.3 is 5.69 Å². The molecule has 2 aromatic heterocycles. The first kappa shape index (κ1) is 17.8. The summed E-state index contributed by atoms with van der Waals surface area (Å²) in [6.07, 6.45) is 1.52. The second-order valence-electron chi connectivity index (χ2n) is 5.20. The van der Waals surface area contributed by atoms with Crippen molar-refractivity contribution in [2.45, 2.75) is 0 Å². The van der Waals surface area contributed by atoms with Crippen LogP contribution < -0.4 is 17.0 Å². The van der Waals surface area contributed by atoms with E-state index in [4.69, 9.17) is 5.73 Å². The van der Waals surface area contributed by atoms with Crippen LogP contribution in [0.2, 0.25) is 0 Å². The largest absolute Gasteiger partial charge is 0.396 e. The first-order valence-corrected chi connectivity index (χ1v) is 6.91. The molecule has 11 heteroatoms. The number of anilines is 1. The predicted molar refractivity (Wildman–Crippen MR) is 88.7 cm³/mol. The molecule has 0 aliphatic rings. The average molecular weight is 350 g/mol. The molecule has 0 saturated heterocycles. The number of nitro groups is 1. The Morgan fingerprint density at radius 3 is 2.40 bits per heavy atom. The SMILES string of the molecule is Cn1c(=O)c2c(ncn2C)n(C)c1=O.Nc1cc([N+](=O)[O-])ccc1F. The molecule has 0 spiro atoms. The number of nitrogen functional groups attached to an aromatic ring is 1. The van der Waals surface area contributed by atoms with E-state index in [1.54, 1.807) is 18.7 Å². The van der Waals surface area contributed by atoms with Gasteiger partial charge in [0.15, 0.2) is 11.2 Å². The molecule has 132 valence electrons. The van der Waals surface area contributed by atoms with Gasteiger partial charge in [0.2, 0.25) is 0 Å². The molecule has 25 heavy (non-hydrogen) atoms. The molecule has 3 aromatic rings. The molecule has 2 N–H and O–H groups in total. The molecule has 0 amide bonds. The molecule has 0 fully saturated rings. The van der Waals surface area contributed by atoms with Crippen molar-refractivity contribution in [3.63, 3.8) is 0 Å². The fraction of sp³-hybridized carbons (Fsp3) is 0.214. The minimum absolute atomic E-state index is 0.205. The molecule has 0 unspecified atom stereocenters. The summed E-state index contributed by atoms with van der Waals surface area (Å²) < 4.78 is 16.5. The van der Waals surface area contributed by atoms with Gasteiger partial charge in [-0.15, -0.1) is 0 Å². The van der Waals surface area contributed by atoms with Crippen molar-refractivity contribution in [2.75, 3.05) is 5.73 Å². The van der Waals surface area contributed by atoms with Crippen LogP contribution in [0.5, 0.6) is 0 Å². The number of imidazole rings is 1. The zero-order valence-electron chi connectivity index (χ0n) is 13.6. The number of hydrogen-bond donors (Lipinski definition) is 1. The Labute approximate surface area is 139 Å². The van der Waals surface area contributed by atoms with Gasteiger partial charge in [0, 0.05) is 33.3 Å². The Morgan fingerprint density at radius 1 is 1.20 bits per heavy atom. The van der Waals surface area contributed by atoms with Crippen LogP contribution in [0, 0.1) is 15.9 Å². The highest BCUT2D eigenvalue weighted by molar-refractivity contribution is 5.69. The van der Waals surface area contributed by atoms with Gasteiger partial charge in [-0.3, -0.25) is 24.0 Å². The third-order valence-electron chi connectivity index (χ3n) is 3.51. The molecule has 1 aromatic carbocycles. The Morgan fingerprint density at radius 2 is 1.84 bits per heavy atom. The molecule has 2 heterocycles. The van der Waals surface area contributed by atoms with Crippen LogP contribution in [0.1, 0.15) is 0 Å². The topological polar surface area (TPSA) is 131 Å². The van der Waals surface area contributed by atoms with Crippen molar-refractivity contribution in [3.05, 3.63) is 61.3 Å². The minimum atomic E-state index is -0.643. The highest BCUT2D eigenvalue weighted by Gasteiger charge is 2.11. The molecule has 0 atom stereocenters.